The average Bonchev–Trinajstić information content (AvgIpc) is 3.24. The maximum Gasteiger partial charge on any atom is 0.413 e. The molecule has 2 N–H and O–H groups in total. The highest BCUT2D eigenvalue weighted by molar-refractivity contribution is 7.14. The van der Waals surface area contributed by atoms with Crippen molar-refractivity contribution in [1.82, 2.24) is 4.98 Å². The van der Waals surface area contributed by atoms with Crippen molar-refractivity contribution in [2.24, 2.45) is 0 Å². The predicted molar refractivity (Wildman–Crippen MR) is 119 cm³/mol. The molecular formula is C22H17ClN2O6S. The van der Waals surface area contributed by atoms with Crippen LogP contribution in [0.5, 0.6) is 0 Å². The van der Waals surface area contributed by atoms with Gasteiger partial charge in [-0.05, 0) is 11.1 Å². The van der Waals surface area contributed by atoms with Crippen molar-refractivity contribution in [3.05, 3.63) is 87.9 Å². The number of carbonyl (C=O) groups is 3. The zero-order chi connectivity index (χ0) is 22.9. The Hall–Kier alpha value is -3.69. The van der Waals surface area contributed by atoms with Crippen LogP contribution in [0.4, 0.5) is 9.93 Å². The van der Waals surface area contributed by atoms with E-state index in [0.29, 0.717) is 0 Å². The second kappa shape index (κ2) is 11.1. The number of hydrogen-bond acceptors (Lipinski definition) is 7. The van der Waals surface area contributed by atoms with Gasteiger partial charge in [-0.1, -0.05) is 72.3 Å². The van der Waals surface area contributed by atoms with Crippen LogP contribution in [0.1, 0.15) is 16.8 Å². The molecule has 8 nitrogen and oxygen atoms in total. The summed E-state index contributed by atoms with van der Waals surface area (Å²) in [5, 5.41) is 12.8. The SMILES string of the molecule is O=C(Nc1nc(/C(C(=O)O)=C(/Cl)C(=O)OCc2ccccc2)cs1)OCc1ccccc1. The van der Waals surface area contributed by atoms with E-state index < -0.39 is 28.6 Å². The zero-order valence-corrected chi connectivity index (χ0v) is 18.1. The zero-order valence-electron chi connectivity index (χ0n) is 16.5. The van der Waals surface area contributed by atoms with E-state index in [9.17, 15) is 19.5 Å². The molecule has 0 aliphatic heterocycles. The summed E-state index contributed by atoms with van der Waals surface area (Å²) in [7, 11) is 0. The predicted octanol–water partition coefficient (Wildman–Crippen LogP) is 4.67. The van der Waals surface area contributed by atoms with E-state index in [-0.39, 0.29) is 24.0 Å². The van der Waals surface area contributed by atoms with Gasteiger partial charge < -0.3 is 14.6 Å². The average molecular weight is 473 g/mol. The van der Waals surface area contributed by atoms with Crippen molar-refractivity contribution in [3.63, 3.8) is 0 Å². The Labute approximate surface area is 192 Å². The molecule has 1 aromatic heterocycles. The summed E-state index contributed by atoms with van der Waals surface area (Å²) in [4.78, 5) is 40.0. The minimum Gasteiger partial charge on any atom is -0.478 e. The molecule has 0 aliphatic rings. The summed E-state index contributed by atoms with van der Waals surface area (Å²) in [5.41, 5.74) is 0.893. The number of rotatable bonds is 8. The fourth-order valence-electron chi connectivity index (χ4n) is 2.50. The molecule has 0 saturated carbocycles. The number of carbonyl (C=O) groups excluding carboxylic acids is 2. The second-order valence-electron chi connectivity index (χ2n) is 6.28. The first-order valence-electron chi connectivity index (χ1n) is 9.21. The number of carboxylic acids is 1. The van der Waals surface area contributed by atoms with Crippen molar-refractivity contribution in [3.8, 4) is 0 Å². The Morgan fingerprint density at radius 2 is 1.50 bits per heavy atom. The molecule has 0 radical (unpaired) electrons. The summed E-state index contributed by atoms with van der Waals surface area (Å²) < 4.78 is 10.2. The van der Waals surface area contributed by atoms with Gasteiger partial charge in [0.1, 0.15) is 23.8 Å². The first-order chi connectivity index (χ1) is 15.4. The standard InChI is InChI=1S/C22H17ClN2O6S/c23-18(20(28)30-11-14-7-3-1-4-8-14)17(19(26)27)16-13-32-21(24-16)25-22(29)31-12-15-9-5-2-6-10-15/h1-10,13H,11-12H2,(H,26,27)(H,24,25,29)/b18-17-. The number of ether oxygens (including phenoxy) is 2. The summed E-state index contributed by atoms with van der Waals surface area (Å²) in [5.74, 6) is -2.46. The van der Waals surface area contributed by atoms with Gasteiger partial charge in [0.15, 0.2) is 5.13 Å². The van der Waals surface area contributed by atoms with Crippen molar-refractivity contribution in [2.45, 2.75) is 13.2 Å². The Kier molecular flexibility index (Phi) is 7.96. The molecule has 0 fully saturated rings. The molecule has 10 heteroatoms. The third kappa shape index (κ3) is 6.40. The maximum atomic E-state index is 12.3. The minimum atomic E-state index is -1.46. The lowest BCUT2D eigenvalue weighted by atomic mass is 10.2. The summed E-state index contributed by atoms with van der Waals surface area (Å²) in [6.45, 7) is -0.00974. The number of aliphatic carboxylic acids is 1. The number of carboxylic acid groups (broad SMARTS) is 1. The number of benzene rings is 2. The molecule has 164 valence electrons. The van der Waals surface area contributed by atoms with Crippen LogP contribution in [0.2, 0.25) is 0 Å². The highest BCUT2D eigenvalue weighted by Gasteiger charge is 2.25. The molecule has 0 aliphatic carbocycles. The third-order valence-corrected chi connectivity index (χ3v) is 5.11. The van der Waals surface area contributed by atoms with Crippen molar-refractivity contribution < 1.29 is 29.0 Å². The normalized spacial score (nSPS) is 11.3. The van der Waals surface area contributed by atoms with Crippen LogP contribution in [0.15, 0.2) is 71.1 Å². The van der Waals surface area contributed by atoms with Crippen LogP contribution in [0.25, 0.3) is 5.57 Å². The molecule has 0 saturated heterocycles. The topological polar surface area (TPSA) is 115 Å². The van der Waals surface area contributed by atoms with Crippen LogP contribution >= 0.6 is 22.9 Å². The molecule has 0 atom stereocenters. The van der Waals surface area contributed by atoms with Gasteiger partial charge in [-0.25, -0.2) is 19.4 Å². The first-order valence-corrected chi connectivity index (χ1v) is 10.5. The fraction of sp³-hybridized carbons (Fsp3) is 0.0909. The molecule has 0 spiro atoms. The van der Waals surface area contributed by atoms with E-state index in [2.05, 4.69) is 10.3 Å². The van der Waals surface area contributed by atoms with Gasteiger partial charge in [0.2, 0.25) is 0 Å². The number of hydrogen-bond donors (Lipinski definition) is 2. The lowest BCUT2D eigenvalue weighted by molar-refractivity contribution is -0.140. The summed E-state index contributed by atoms with van der Waals surface area (Å²) in [6.07, 6.45) is -0.760. The second-order valence-corrected chi connectivity index (χ2v) is 7.52. The van der Waals surface area contributed by atoms with Gasteiger partial charge in [0.25, 0.3) is 0 Å². The summed E-state index contributed by atoms with van der Waals surface area (Å²) in [6, 6.07) is 17.9. The molecule has 1 heterocycles. The summed E-state index contributed by atoms with van der Waals surface area (Å²) >= 11 is 6.96. The number of thiazole rings is 1. The molecule has 32 heavy (non-hydrogen) atoms. The lowest BCUT2D eigenvalue weighted by Crippen LogP contribution is -2.14. The molecule has 1 amide bonds. The van der Waals surface area contributed by atoms with Gasteiger partial charge in [-0.2, -0.15) is 0 Å². The van der Waals surface area contributed by atoms with E-state index >= 15 is 0 Å². The Morgan fingerprint density at radius 3 is 2.06 bits per heavy atom. The van der Waals surface area contributed by atoms with Crippen molar-refractivity contribution >= 4 is 51.7 Å². The lowest BCUT2D eigenvalue weighted by Gasteiger charge is -2.06. The third-order valence-electron chi connectivity index (χ3n) is 4.01. The van der Waals surface area contributed by atoms with Gasteiger partial charge in [-0.3, -0.25) is 5.32 Å². The monoisotopic (exact) mass is 472 g/mol. The molecule has 3 aromatic rings. The van der Waals surface area contributed by atoms with E-state index in [1.54, 1.807) is 36.4 Å². The van der Waals surface area contributed by atoms with Gasteiger partial charge >= 0.3 is 18.0 Å². The quantitative estimate of drug-likeness (QED) is 0.361. The number of amides is 1. The van der Waals surface area contributed by atoms with Crippen LogP contribution < -0.4 is 5.32 Å². The molecular weight excluding hydrogens is 456 g/mol. The fourth-order valence-corrected chi connectivity index (χ4v) is 3.42. The highest BCUT2D eigenvalue weighted by Crippen LogP contribution is 2.27. The van der Waals surface area contributed by atoms with Crippen LogP contribution in [-0.2, 0) is 32.3 Å². The van der Waals surface area contributed by atoms with Gasteiger partial charge in [0.05, 0.1) is 5.69 Å². The number of anilines is 1. The van der Waals surface area contributed by atoms with Crippen LogP contribution in [0, 0.1) is 0 Å². The first kappa shape index (κ1) is 23.0. The van der Waals surface area contributed by atoms with Crippen LogP contribution in [0.3, 0.4) is 0 Å². The number of halogens is 1. The highest BCUT2D eigenvalue weighted by atomic mass is 35.5. The number of nitrogens with one attached hydrogen (secondary N) is 1. The van der Waals surface area contributed by atoms with E-state index in [0.717, 1.165) is 22.5 Å². The molecule has 3 rings (SSSR count). The van der Waals surface area contributed by atoms with Crippen LogP contribution in [-0.4, -0.2) is 28.1 Å². The molecule has 0 bridgehead atoms. The Bertz CT molecular complexity index is 1130. The van der Waals surface area contributed by atoms with E-state index in [4.69, 9.17) is 21.1 Å². The largest absolute Gasteiger partial charge is 0.478 e. The number of esters is 1. The van der Waals surface area contributed by atoms with Gasteiger partial charge in [-0.15, -0.1) is 11.3 Å². The minimum absolute atomic E-state index is 0.0598. The Morgan fingerprint density at radius 1 is 0.938 bits per heavy atom. The van der Waals surface area contributed by atoms with Crippen molar-refractivity contribution in [2.75, 3.05) is 5.32 Å². The maximum absolute atomic E-state index is 12.3. The number of nitrogens with zero attached hydrogens (tertiary/aromatic N) is 1. The Balaban J connectivity index is 1.65. The molecule has 2 aromatic carbocycles. The van der Waals surface area contributed by atoms with E-state index in [1.165, 1.54) is 5.38 Å². The van der Waals surface area contributed by atoms with Crippen molar-refractivity contribution in [1.29, 1.82) is 0 Å². The van der Waals surface area contributed by atoms with Gasteiger partial charge in [0, 0.05) is 5.38 Å². The smallest absolute Gasteiger partial charge is 0.413 e. The van der Waals surface area contributed by atoms with E-state index in [1.807, 2.05) is 24.3 Å². The molecule has 0 unspecified atom stereocenters. The number of aromatic nitrogens is 1.